The van der Waals surface area contributed by atoms with E-state index in [4.69, 9.17) is 16.0 Å². The maximum absolute atomic E-state index is 10.8. The maximum atomic E-state index is 10.8. The summed E-state index contributed by atoms with van der Waals surface area (Å²) in [6.07, 6.45) is 0. The summed E-state index contributed by atoms with van der Waals surface area (Å²) < 4.78 is 18.8. The Morgan fingerprint density at radius 3 is 2.46 bits per heavy atom. The zero-order valence-corrected chi connectivity index (χ0v) is 8.12. The van der Waals surface area contributed by atoms with Gasteiger partial charge in [-0.3, -0.25) is 9.39 Å². The van der Waals surface area contributed by atoms with Crippen molar-refractivity contribution in [2.75, 3.05) is 26.7 Å². The molecule has 0 amide bonds. The predicted molar refractivity (Wildman–Crippen MR) is 46.0 cm³/mol. The lowest BCUT2D eigenvalue weighted by Crippen LogP contribution is -2.50. The molecule has 0 spiro atoms. The summed E-state index contributed by atoms with van der Waals surface area (Å²) in [6, 6.07) is 0. The summed E-state index contributed by atoms with van der Waals surface area (Å²) in [4.78, 5) is 15.4. The average Bonchev–Trinajstić information content (AvgIpc) is 2.04. The topological polar surface area (TPSA) is 116 Å². The molecule has 0 bridgehead atoms. The Bertz CT molecular complexity index is 212. The number of nitrogens with two attached hydrogens (primary N) is 2. The van der Waals surface area contributed by atoms with Gasteiger partial charge in [0.05, 0.1) is 6.54 Å². The molecule has 78 valence electrons. The van der Waals surface area contributed by atoms with Gasteiger partial charge in [-0.2, -0.15) is 4.21 Å². The molecule has 0 rings (SSSR count). The largest absolute Gasteiger partial charge is 0.401 e. The summed E-state index contributed by atoms with van der Waals surface area (Å²) in [5.41, 5.74) is 10.2. The molecule has 2 atom stereocenters. The molecule has 0 fully saturated rings. The molecule has 0 heterocycles. The van der Waals surface area contributed by atoms with Crippen LogP contribution in [-0.2, 0) is 20.9 Å². The van der Waals surface area contributed by atoms with Gasteiger partial charge in [0, 0.05) is 6.54 Å². The minimum absolute atomic E-state index is 0.0504. The molecule has 7 nitrogen and oxygen atoms in total. The Hall–Kier alpha value is -0.540. The Labute approximate surface area is 78.6 Å². The summed E-state index contributed by atoms with van der Waals surface area (Å²) in [7, 11) is 1.27. The second-order valence-corrected chi connectivity index (χ2v) is 3.66. The van der Waals surface area contributed by atoms with E-state index in [9.17, 15) is 9.00 Å². The van der Waals surface area contributed by atoms with Gasteiger partial charge in [0.2, 0.25) is 0 Å². The van der Waals surface area contributed by atoms with Gasteiger partial charge in [-0.1, -0.05) is 0 Å². The van der Waals surface area contributed by atoms with E-state index in [-0.39, 0.29) is 19.6 Å². The van der Waals surface area contributed by atoms with Crippen LogP contribution in [0.2, 0.25) is 0 Å². The second kappa shape index (κ2) is 5.25. The monoisotopic (exact) mass is 212 g/mol. The molecule has 2 unspecified atom stereocenters. The maximum Gasteiger partial charge on any atom is 0.401 e. The van der Waals surface area contributed by atoms with Crippen molar-refractivity contribution < 1.29 is 22.4 Å². The van der Waals surface area contributed by atoms with Crippen molar-refractivity contribution in [3.8, 4) is 0 Å². The van der Waals surface area contributed by atoms with Gasteiger partial charge < -0.3 is 11.5 Å². The van der Waals surface area contributed by atoms with Crippen LogP contribution < -0.4 is 11.5 Å². The zero-order valence-electron chi connectivity index (χ0n) is 7.30. The number of hydrogen-bond donors (Lipinski definition) is 3. The number of hydroxylamine groups is 2. The van der Waals surface area contributed by atoms with E-state index >= 15 is 0 Å². The Morgan fingerprint density at radius 2 is 2.15 bits per heavy atom. The van der Waals surface area contributed by atoms with Gasteiger partial charge in [0.15, 0.2) is 0 Å². The van der Waals surface area contributed by atoms with E-state index in [1.165, 1.54) is 7.05 Å². The normalized spacial score (nSPS) is 17.5. The molecule has 0 aromatic rings. The summed E-state index contributed by atoms with van der Waals surface area (Å²) in [5.74, 6) is -0.752. The predicted octanol–water partition coefficient (Wildman–Crippen LogP) is -2.05. The van der Waals surface area contributed by atoms with Gasteiger partial charge >= 0.3 is 17.2 Å². The molecule has 0 radical (unpaired) electrons. The third-order valence-electron chi connectivity index (χ3n) is 1.33. The van der Waals surface area contributed by atoms with Crippen LogP contribution in [0.15, 0.2) is 0 Å². The lowest BCUT2D eigenvalue weighted by molar-refractivity contribution is -0.969. The van der Waals surface area contributed by atoms with Gasteiger partial charge in [-0.05, 0) is 4.05 Å². The highest BCUT2D eigenvalue weighted by molar-refractivity contribution is 7.73. The number of hydrogen-bond acceptors (Lipinski definition) is 5. The Morgan fingerprint density at radius 1 is 1.62 bits per heavy atom. The third-order valence-corrected chi connectivity index (χ3v) is 2.25. The molecular formula is C5H14N3O4S+. The highest BCUT2D eigenvalue weighted by Crippen LogP contribution is 2.06. The van der Waals surface area contributed by atoms with Crippen LogP contribution in [0.1, 0.15) is 0 Å². The van der Waals surface area contributed by atoms with Gasteiger partial charge in [-0.25, -0.2) is 4.79 Å². The highest BCUT2D eigenvalue weighted by Gasteiger charge is 2.34. The van der Waals surface area contributed by atoms with Crippen LogP contribution in [-0.4, -0.2) is 45.5 Å². The van der Waals surface area contributed by atoms with Crippen LogP contribution in [0.5, 0.6) is 0 Å². The summed E-state index contributed by atoms with van der Waals surface area (Å²) in [5, 5.41) is 0. The van der Waals surface area contributed by atoms with Gasteiger partial charge in [0.25, 0.3) is 0 Å². The molecule has 0 aliphatic rings. The van der Waals surface area contributed by atoms with Crippen molar-refractivity contribution in [3.63, 3.8) is 0 Å². The lowest BCUT2D eigenvalue weighted by atomic mass is 10.6. The van der Waals surface area contributed by atoms with Crippen LogP contribution in [0.4, 0.5) is 0 Å². The van der Waals surface area contributed by atoms with Crippen molar-refractivity contribution >= 4 is 17.2 Å². The van der Waals surface area contributed by atoms with E-state index in [1.54, 1.807) is 0 Å². The average molecular weight is 212 g/mol. The van der Waals surface area contributed by atoms with E-state index in [1.807, 2.05) is 0 Å². The number of carbonyl (C=O) groups is 1. The summed E-state index contributed by atoms with van der Waals surface area (Å²) in [6.45, 7) is -0.162. The smallest absolute Gasteiger partial charge is 0.325 e. The molecular weight excluding hydrogens is 198 g/mol. The van der Waals surface area contributed by atoms with Gasteiger partial charge in [0.1, 0.15) is 13.6 Å². The molecule has 0 aromatic heterocycles. The minimum Gasteiger partial charge on any atom is -0.325 e. The molecule has 0 aliphatic heterocycles. The van der Waals surface area contributed by atoms with Crippen molar-refractivity contribution in [1.29, 1.82) is 0 Å². The number of rotatable bonds is 5. The number of likely N-dealkylation sites (N-methyl/N-ethyl adjacent to an activating group) is 1. The first-order chi connectivity index (χ1) is 5.96. The van der Waals surface area contributed by atoms with Crippen LogP contribution in [0, 0.1) is 0 Å². The van der Waals surface area contributed by atoms with Crippen molar-refractivity contribution in [2.45, 2.75) is 0 Å². The number of nitrogens with zero attached hydrogens (tertiary/aromatic N) is 1. The highest BCUT2D eigenvalue weighted by atomic mass is 32.2. The first-order valence-corrected chi connectivity index (χ1v) is 4.62. The standard InChI is InChI=1S/C5H13N3O4S/c1-8(3-2-6,13(10)11)12-5(9)4-7/h2-4,6-7H2,1H3/p+1. The van der Waals surface area contributed by atoms with Crippen molar-refractivity contribution in [3.05, 3.63) is 0 Å². The van der Waals surface area contributed by atoms with E-state index < -0.39 is 21.3 Å². The Kier molecular flexibility index (Phi) is 5.03. The Balaban J connectivity index is 4.41. The number of quaternary nitrogens is 1. The molecule has 0 aromatic carbocycles. The molecule has 0 saturated carbocycles. The third kappa shape index (κ3) is 3.79. The molecule has 5 N–H and O–H groups in total. The first-order valence-electron chi connectivity index (χ1n) is 3.56. The van der Waals surface area contributed by atoms with E-state index in [0.29, 0.717) is 0 Å². The zero-order chi connectivity index (χ0) is 10.5. The van der Waals surface area contributed by atoms with Crippen molar-refractivity contribution in [2.24, 2.45) is 11.5 Å². The van der Waals surface area contributed by atoms with Crippen LogP contribution in [0.25, 0.3) is 0 Å². The minimum atomic E-state index is -2.33. The molecule has 13 heavy (non-hydrogen) atoms. The molecule has 8 heteroatoms. The lowest BCUT2D eigenvalue weighted by Gasteiger charge is -2.23. The van der Waals surface area contributed by atoms with E-state index in [0.717, 1.165) is 0 Å². The SMILES string of the molecule is C[N+](CCN)(OC(=O)CN)S(=O)O. The quantitative estimate of drug-likeness (QED) is 0.274. The second-order valence-electron chi connectivity index (χ2n) is 2.42. The van der Waals surface area contributed by atoms with E-state index in [2.05, 4.69) is 4.84 Å². The van der Waals surface area contributed by atoms with Gasteiger partial charge in [-0.15, -0.1) is 0 Å². The molecule has 0 saturated heterocycles. The first kappa shape index (κ1) is 12.5. The van der Waals surface area contributed by atoms with Crippen LogP contribution >= 0.6 is 0 Å². The number of carbonyl (C=O) groups excluding carboxylic acids is 1. The fourth-order valence-corrected chi connectivity index (χ4v) is 1.05. The van der Waals surface area contributed by atoms with Crippen molar-refractivity contribution in [1.82, 2.24) is 0 Å². The summed E-state index contributed by atoms with van der Waals surface area (Å²) >= 11 is -2.33. The molecule has 0 aliphatic carbocycles. The van der Waals surface area contributed by atoms with Crippen LogP contribution in [0.3, 0.4) is 0 Å². The fourth-order valence-electron chi connectivity index (χ4n) is 0.643. The fraction of sp³-hybridized carbons (Fsp3) is 0.800.